The van der Waals surface area contributed by atoms with Gasteiger partial charge in [0, 0.05) is 16.0 Å². The van der Waals surface area contributed by atoms with Crippen LogP contribution in [0.1, 0.15) is 15.9 Å². The van der Waals surface area contributed by atoms with Crippen molar-refractivity contribution < 1.29 is 18.0 Å². The van der Waals surface area contributed by atoms with E-state index in [-0.39, 0.29) is 22.2 Å². The molecule has 2 rings (SSSR count). The van der Waals surface area contributed by atoms with Crippen LogP contribution >= 0.6 is 11.8 Å². The number of aryl methyl sites for hydroxylation is 1. The summed E-state index contributed by atoms with van der Waals surface area (Å²) in [5.74, 6) is 0.0460. The molecule has 1 aromatic heterocycles. The summed E-state index contributed by atoms with van der Waals surface area (Å²) in [6.45, 7) is 1.77. The Morgan fingerprint density at radius 1 is 1.30 bits per heavy atom. The number of aromatic nitrogens is 2. The van der Waals surface area contributed by atoms with Crippen LogP contribution in [0.15, 0.2) is 35.4 Å². The maximum Gasteiger partial charge on any atom is 0.446 e. The van der Waals surface area contributed by atoms with Crippen LogP contribution in [-0.4, -0.2) is 21.6 Å². The summed E-state index contributed by atoms with van der Waals surface area (Å²) in [6, 6.07) is 5.20. The molecule has 0 unspecified atom stereocenters. The topological polar surface area (TPSA) is 57.8 Å². The highest BCUT2D eigenvalue weighted by Gasteiger charge is 2.29. The zero-order valence-electron chi connectivity index (χ0n) is 10.3. The van der Waals surface area contributed by atoms with E-state index >= 15 is 0 Å². The van der Waals surface area contributed by atoms with Gasteiger partial charge in [0.15, 0.2) is 0 Å². The number of alkyl halides is 3. The second-order valence-corrected chi connectivity index (χ2v) is 5.09. The molecule has 0 aliphatic carbocycles. The zero-order valence-corrected chi connectivity index (χ0v) is 11.1. The smallest absolute Gasteiger partial charge is 0.307 e. The number of halogens is 3. The molecule has 1 aromatic carbocycles. The summed E-state index contributed by atoms with van der Waals surface area (Å²) in [4.78, 5) is 11.9. The van der Waals surface area contributed by atoms with E-state index < -0.39 is 11.4 Å². The van der Waals surface area contributed by atoms with Crippen LogP contribution < -0.4 is 5.32 Å². The molecule has 0 saturated carbocycles. The van der Waals surface area contributed by atoms with Crippen LogP contribution in [0.5, 0.6) is 0 Å². The number of thioether (sulfide) groups is 1. The van der Waals surface area contributed by atoms with E-state index in [1.165, 1.54) is 24.3 Å². The van der Waals surface area contributed by atoms with Crippen molar-refractivity contribution in [1.82, 2.24) is 10.2 Å². The number of rotatable bonds is 3. The molecule has 1 heterocycles. The highest BCUT2D eigenvalue weighted by atomic mass is 32.2. The Balaban J connectivity index is 2.06. The Morgan fingerprint density at radius 3 is 2.45 bits per heavy atom. The first-order chi connectivity index (χ1) is 9.35. The average molecular weight is 301 g/mol. The number of amides is 1. The highest BCUT2D eigenvalue weighted by molar-refractivity contribution is 8.00. The molecule has 2 N–H and O–H groups in total. The molecule has 0 fully saturated rings. The summed E-state index contributed by atoms with van der Waals surface area (Å²) < 4.78 is 36.5. The minimum absolute atomic E-state index is 0.0340. The predicted molar refractivity (Wildman–Crippen MR) is 69.6 cm³/mol. The number of aromatic amines is 1. The third-order valence-electron chi connectivity index (χ3n) is 2.42. The second kappa shape index (κ2) is 5.58. The lowest BCUT2D eigenvalue weighted by Gasteiger charge is -2.07. The Labute approximate surface area is 116 Å². The van der Waals surface area contributed by atoms with Crippen molar-refractivity contribution >= 4 is 23.5 Å². The van der Waals surface area contributed by atoms with Crippen molar-refractivity contribution in [2.45, 2.75) is 17.3 Å². The van der Waals surface area contributed by atoms with Crippen molar-refractivity contribution in [3.63, 3.8) is 0 Å². The van der Waals surface area contributed by atoms with Gasteiger partial charge in [-0.1, -0.05) is 0 Å². The minimum atomic E-state index is -4.34. The summed E-state index contributed by atoms with van der Waals surface area (Å²) in [6.07, 6.45) is 1.55. The van der Waals surface area contributed by atoms with E-state index in [0.717, 1.165) is 5.56 Å². The monoisotopic (exact) mass is 301 g/mol. The lowest BCUT2D eigenvalue weighted by molar-refractivity contribution is -0.0328. The lowest BCUT2D eigenvalue weighted by Crippen LogP contribution is -2.12. The molecule has 106 valence electrons. The van der Waals surface area contributed by atoms with Gasteiger partial charge in [-0.05, 0) is 43.0 Å². The highest BCUT2D eigenvalue weighted by Crippen LogP contribution is 2.36. The van der Waals surface area contributed by atoms with Crippen LogP contribution in [0.2, 0.25) is 0 Å². The number of nitrogens with zero attached hydrogens (tertiary/aromatic N) is 1. The number of carbonyl (C=O) groups excluding carboxylic acids is 1. The van der Waals surface area contributed by atoms with Gasteiger partial charge in [-0.25, -0.2) is 0 Å². The molecular weight excluding hydrogens is 291 g/mol. The quantitative estimate of drug-likeness (QED) is 0.852. The molecule has 0 atom stereocenters. The van der Waals surface area contributed by atoms with Crippen molar-refractivity contribution in [1.29, 1.82) is 0 Å². The third-order valence-corrected chi connectivity index (χ3v) is 3.16. The summed E-state index contributed by atoms with van der Waals surface area (Å²) in [5.41, 5.74) is -3.30. The van der Waals surface area contributed by atoms with Crippen LogP contribution in [-0.2, 0) is 0 Å². The molecule has 4 nitrogen and oxygen atoms in total. The molecule has 0 radical (unpaired) electrons. The van der Waals surface area contributed by atoms with Crippen molar-refractivity contribution in [3.8, 4) is 0 Å². The molecule has 8 heteroatoms. The summed E-state index contributed by atoms with van der Waals surface area (Å²) >= 11 is -0.219. The van der Waals surface area contributed by atoms with E-state index in [9.17, 15) is 18.0 Å². The Morgan fingerprint density at radius 2 is 1.95 bits per heavy atom. The zero-order chi connectivity index (χ0) is 14.8. The largest absolute Gasteiger partial charge is 0.446 e. The number of nitrogens with one attached hydrogen (secondary N) is 2. The number of benzene rings is 1. The fraction of sp³-hybridized carbons (Fsp3) is 0.167. The molecule has 0 saturated heterocycles. The lowest BCUT2D eigenvalue weighted by atomic mass is 10.2. The van der Waals surface area contributed by atoms with Gasteiger partial charge in [-0.15, -0.1) is 0 Å². The van der Waals surface area contributed by atoms with Crippen LogP contribution in [0.4, 0.5) is 19.0 Å². The molecule has 1 amide bonds. The molecule has 0 aliphatic rings. The van der Waals surface area contributed by atoms with E-state index in [1.54, 1.807) is 13.1 Å². The molecule has 20 heavy (non-hydrogen) atoms. The van der Waals surface area contributed by atoms with Gasteiger partial charge in [0.2, 0.25) is 0 Å². The van der Waals surface area contributed by atoms with E-state index in [2.05, 4.69) is 15.5 Å². The van der Waals surface area contributed by atoms with Crippen molar-refractivity contribution in [2.24, 2.45) is 0 Å². The maximum atomic E-state index is 12.2. The van der Waals surface area contributed by atoms with Crippen LogP contribution in [0.3, 0.4) is 0 Å². The number of hydrogen-bond donors (Lipinski definition) is 2. The van der Waals surface area contributed by atoms with Crippen molar-refractivity contribution in [3.05, 3.63) is 41.6 Å². The Kier molecular flexibility index (Phi) is 4.03. The first kappa shape index (κ1) is 14.4. The van der Waals surface area contributed by atoms with Gasteiger partial charge in [-0.3, -0.25) is 9.89 Å². The van der Waals surface area contributed by atoms with Gasteiger partial charge in [0.05, 0.1) is 6.20 Å². The van der Waals surface area contributed by atoms with Gasteiger partial charge < -0.3 is 5.32 Å². The first-order valence-corrected chi connectivity index (χ1v) is 6.34. The third kappa shape index (κ3) is 3.77. The predicted octanol–water partition coefficient (Wildman–Crippen LogP) is 3.58. The minimum Gasteiger partial charge on any atom is -0.307 e. The number of hydrogen-bond acceptors (Lipinski definition) is 3. The van der Waals surface area contributed by atoms with E-state index in [1.807, 2.05) is 0 Å². The van der Waals surface area contributed by atoms with Crippen LogP contribution in [0.25, 0.3) is 0 Å². The van der Waals surface area contributed by atoms with Crippen LogP contribution in [0, 0.1) is 6.92 Å². The molecular formula is C12H10F3N3OS. The molecule has 2 aromatic rings. The van der Waals surface area contributed by atoms with Gasteiger partial charge in [-0.2, -0.15) is 18.3 Å². The molecule has 0 aliphatic heterocycles. The first-order valence-electron chi connectivity index (χ1n) is 5.52. The van der Waals surface area contributed by atoms with Gasteiger partial charge in [0.25, 0.3) is 5.91 Å². The second-order valence-electron chi connectivity index (χ2n) is 3.95. The SMILES string of the molecule is Cc1cn[nH]c1NC(=O)c1ccc(SC(F)(F)F)cc1. The van der Waals surface area contributed by atoms with E-state index in [0.29, 0.717) is 5.82 Å². The fourth-order valence-electron chi connectivity index (χ4n) is 1.47. The average Bonchev–Trinajstić information content (AvgIpc) is 2.74. The summed E-state index contributed by atoms with van der Waals surface area (Å²) in [7, 11) is 0. The normalized spacial score (nSPS) is 11.4. The molecule has 0 bridgehead atoms. The van der Waals surface area contributed by atoms with Gasteiger partial charge >= 0.3 is 5.51 Å². The maximum absolute atomic E-state index is 12.2. The Hall–Kier alpha value is -1.96. The summed E-state index contributed by atoms with van der Waals surface area (Å²) in [5, 5.41) is 8.96. The Bertz CT molecular complexity index is 607. The number of H-pyrrole nitrogens is 1. The van der Waals surface area contributed by atoms with Gasteiger partial charge in [0.1, 0.15) is 5.82 Å². The number of anilines is 1. The van der Waals surface area contributed by atoms with Crippen molar-refractivity contribution in [2.75, 3.05) is 5.32 Å². The fourth-order valence-corrected chi connectivity index (χ4v) is 2.01. The standard InChI is InChI=1S/C12H10F3N3OS/c1-7-6-16-18-10(7)17-11(19)8-2-4-9(5-3-8)20-12(13,14)15/h2-6H,1H3,(H2,16,17,18,19). The van der Waals surface area contributed by atoms with E-state index in [4.69, 9.17) is 0 Å². The molecule has 0 spiro atoms. The number of carbonyl (C=O) groups is 1.